The predicted octanol–water partition coefficient (Wildman–Crippen LogP) is 2.71. The molecular weight excluding hydrogens is 412 g/mol. The summed E-state index contributed by atoms with van der Waals surface area (Å²) in [7, 11) is -5.05. The Morgan fingerprint density at radius 1 is 1.07 bits per heavy atom. The van der Waals surface area contributed by atoms with Crippen molar-refractivity contribution < 1.29 is 31.5 Å². The quantitative estimate of drug-likeness (QED) is 0.525. The van der Waals surface area contributed by atoms with Gasteiger partial charge in [-0.3, -0.25) is 4.79 Å². The Morgan fingerprint density at radius 2 is 1.80 bits per heavy atom. The smallest absolute Gasteiger partial charge is 0.412 e. The zero-order valence-electron chi connectivity index (χ0n) is 16.0. The number of rotatable bonds is 6. The third kappa shape index (κ3) is 5.94. The zero-order valence-corrected chi connectivity index (χ0v) is 16.8. The molecule has 2 aromatic carbocycles. The maximum atomic E-state index is 12.2. The number of nitrogens with two attached hydrogens (primary N) is 1. The van der Waals surface area contributed by atoms with Crippen LogP contribution in [0.3, 0.4) is 0 Å². The van der Waals surface area contributed by atoms with E-state index < -0.39 is 22.4 Å². The van der Waals surface area contributed by atoms with Crippen molar-refractivity contribution in [3.8, 4) is 22.6 Å². The first-order chi connectivity index (χ1) is 14.2. The molecule has 1 aliphatic rings. The number of amides is 2. The lowest BCUT2D eigenvalue weighted by molar-refractivity contribution is 0.1000. The largest absolute Gasteiger partial charge is 0.716 e. The summed E-state index contributed by atoms with van der Waals surface area (Å²) in [6.45, 7) is 0. The summed E-state index contributed by atoms with van der Waals surface area (Å²) < 4.78 is 43.1. The number of benzene rings is 2. The van der Waals surface area contributed by atoms with Gasteiger partial charge in [0.25, 0.3) is 10.4 Å². The molecule has 0 saturated heterocycles. The SMILES string of the molecule is NC(=O)c1cccc(-c2cc(OC(=O)NC3CCCCC3)ccc2OS(=O)(=O)[O-])c1. The fraction of sp³-hybridized carbons (Fsp3) is 0.300. The molecule has 10 heteroatoms. The van der Waals surface area contributed by atoms with E-state index in [4.69, 9.17) is 10.5 Å². The van der Waals surface area contributed by atoms with Crippen LogP contribution >= 0.6 is 0 Å². The van der Waals surface area contributed by atoms with Crippen LogP contribution in [0.4, 0.5) is 4.79 Å². The average molecular weight is 433 g/mol. The van der Waals surface area contributed by atoms with Crippen LogP contribution in [0.15, 0.2) is 42.5 Å². The van der Waals surface area contributed by atoms with Crippen LogP contribution in [-0.4, -0.2) is 31.0 Å². The molecule has 1 fully saturated rings. The van der Waals surface area contributed by atoms with E-state index in [1.807, 2.05) is 0 Å². The third-order valence-electron chi connectivity index (χ3n) is 4.74. The lowest BCUT2D eigenvalue weighted by Gasteiger charge is -2.22. The Morgan fingerprint density at radius 3 is 2.47 bits per heavy atom. The van der Waals surface area contributed by atoms with Crippen molar-refractivity contribution in [1.82, 2.24) is 5.32 Å². The van der Waals surface area contributed by atoms with E-state index in [9.17, 15) is 22.6 Å². The first-order valence-electron chi connectivity index (χ1n) is 9.39. The summed E-state index contributed by atoms with van der Waals surface area (Å²) in [4.78, 5) is 23.7. The fourth-order valence-electron chi connectivity index (χ4n) is 3.37. The fourth-order valence-corrected chi connectivity index (χ4v) is 3.74. The Bertz CT molecular complexity index is 1050. The van der Waals surface area contributed by atoms with Gasteiger partial charge in [0.05, 0.1) is 0 Å². The van der Waals surface area contributed by atoms with Gasteiger partial charge in [0.15, 0.2) is 0 Å². The molecule has 0 bridgehead atoms. The van der Waals surface area contributed by atoms with Crippen molar-refractivity contribution in [2.45, 2.75) is 38.1 Å². The number of carbonyl (C=O) groups is 2. The zero-order chi connectivity index (χ0) is 21.7. The van der Waals surface area contributed by atoms with Crippen molar-refractivity contribution in [1.29, 1.82) is 0 Å². The standard InChI is InChI=1S/C20H22N2O7S/c21-19(23)14-6-4-5-13(11-14)17-12-16(9-10-18(17)29-30(25,26)27)28-20(24)22-15-7-2-1-3-8-15/h4-6,9-12,15H,1-3,7-8H2,(H2,21,23)(H,22,24)(H,25,26,27)/p-1. The van der Waals surface area contributed by atoms with E-state index in [-0.39, 0.29) is 28.7 Å². The Labute approximate surface area is 174 Å². The molecule has 2 aromatic rings. The number of hydrogen-bond donors (Lipinski definition) is 2. The van der Waals surface area contributed by atoms with Gasteiger partial charge in [-0.15, -0.1) is 0 Å². The molecule has 0 atom stereocenters. The minimum Gasteiger partial charge on any atom is -0.716 e. The van der Waals surface area contributed by atoms with Gasteiger partial charge in [-0.1, -0.05) is 31.4 Å². The molecule has 30 heavy (non-hydrogen) atoms. The maximum Gasteiger partial charge on any atom is 0.412 e. The molecule has 160 valence electrons. The summed E-state index contributed by atoms with van der Waals surface area (Å²) in [5, 5.41) is 2.80. The summed E-state index contributed by atoms with van der Waals surface area (Å²) in [6, 6.07) is 9.90. The summed E-state index contributed by atoms with van der Waals surface area (Å²) >= 11 is 0. The lowest BCUT2D eigenvalue weighted by Crippen LogP contribution is -2.38. The second-order valence-electron chi connectivity index (χ2n) is 6.96. The highest BCUT2D eigenvalue weighted by Crippen LogP contribution is 2.35. The van der Waals surface area contributed by atoms with E-state index >= 15 is 0 Å². The Balaban J connectivity index is 1.89. The number of nitrogens with one attached hydrogen (secondary N) is 1. The van der Waals surface area contributed by atoms with Crippen molar-refractivity contribution in [3.05, 3.63) is 48.0 Å². The Hall–Kier alpha value is -3.11. The van der Waals surface area contributed by atoms with E-state index in [1.54, 1.807) is 6.07 Å². The van der Waals surface area contributed by atoms with Gasteiger partial charge in [0, 0.05) is 17.2 Å². The van der Waals surface area contributed by atoms with Crippen LogP contribution in [0.2, 0.25) is 0 Å². The molecule has 0 unspecified atom stereocenters. The highest BCUT2D eigenvalue weighted by Gasteiger charge is 2.18. The van der Waals surface area contributed by atoms with Gasteiger partial charge in [0.2, 0.25) is 5.91 Å². The predicted molar refractivity (Wildman–Crippen MR) is 107 cm³/mol. The van der Waals surface area contributed by atoms with Crippen LogP contribution in [0.1, 0.15) is 42.5 Å². The van der Waals surface area contributed by atoms with Crippen molar-refractivity contribution >= 4 is 22.4 Å². The number of primary amides is 1. The molecule has 9 nitrogen and oxygen atoms in total. The average Bonchev–Trinajstić information content (AvgIpc) is 2.69. The van der Waals surface area contributed by atoms with Crippen molar-refractivity contribution in [3.63, 3.8) is 0 Å². The second-order valence-corrected chi connectivity index (χ2v) is 7.95. The van der Waals surface area contributed by atoms with E-state index in [0.717, 1.165) is 32.1 Å². The summed E-state index contributed by atoms with van der Waals surface area (Å²) in [6.07, 6.45) is 4.36. The first kappa shape index (κ1) is 21.6. The summed E-state index contributed by atoms with van der Waals surface area (Å²) in [5.41, 5.74) is 5.95. The minimum absolute atomic E-state index is 0.0474. The third-order valence-corrected chi connectivity index (χ3v) is 5.12. The topological polar surface area (TPSA) is 148 Å². The monoisotopic (exact) mass is 433 g/mol. The number of carbonyl (C=O) groups excluding carboxylic acids is 2. The van der Waals surface area contributed by atoms with Crippen LogP contribution < -0.4 is 20.0 Å². The number of ether oxygens (including phenoxy) is 1. The summed E-state index contributed by atoms with van der Waals surface area (Å²) in [5.74, 6) is -0.847. The van der Waals surface area contributed by atoms with Crippen molar-refractivity contribution in [2.75, 3.05) is 0 Å². The lowest BCUT2D eigenvalue weighted by atomic mass is 9.96. The van der Waals surface area contributed by atoms with Gasteiger partial charge in [-0.25, -0.2) is 13.2 Å². The molecular formula is C20H21N2O7S-. The maximum absolute atomic E-state index is 12.2. The van der Waals surface area contributed by atoms with Gasteiger partial charge in [0.1, 0.15) is 11.5 Å². The van der Waals surface area contributed by atoms with Crippen LogP contribution in [0, 0.1) is 0 Å². The van der Waals surface area contributed by atoms with Crippen LogP contribution in [-0.2, 0) is 10.4 Å². The highest BCUT2D eigenvalue weighted by atomic mass is 32.3. The van der Waals surface area contributed by atoms with E-state index in [0.29, 0.717) is 5.56 Å². The van der Waals surface area contributed by atoms with E-state index in [2.05, 4.69) is 9.50 Å². The molecule has 3 rings (SSSR count). The normalized spacial score (nSPS) is 14.7. The second kappa shape index (κ2) is 9.14. The minimum atomic E-state index is -5.05. The van der Waals surface area contributed by atoms with Gasteiger partial charge >= 0.3 is 6.09 Å². The molecule has 2 amide bonds. The molecule has 3 N–H and O–H groups in total. The molecule has 0 aliphatic heterocycles. The van der Waals surface area contributed by atoms with E-state index in [1.165, 1.54) is 36.4 Å². The number of hydrogen-bond acceptors (Lipinski definition) is 7. The molecule has 1 aliphatic carbocycles. The van der Waals surface area contributed by atoms with Gasteiger partial charge in [-0.2, -0.15) is 0 Å². The molecule has 1 saturated carbocycles. The highest BCUT2D eigenvalue weighted by molar-refractivity contribution is 7.81. The Kier molecular flexibility index (Phi) is 6.58. The first-order valence-corrected chi connectivity index (χ1v) is 10.7. The molecule has 0 aromatic heterocycles. The molecule has 0 spiro atoms. The molecule has 0 heterocycles. The van der Waals surface area contributed by atoms with Crippen LogP contribution in [0.5, 0.6) is 11.5 Å². The van der Waals surface area contributed by atoms with Gasteiger partial charge < -0.3 is 24.5 Å². The molecule has 0 radical (unpaired) electrons. The van der Waals surface area contributed by atoms with Crippen molar-refractivity contribution in [2.24, 2.45) is 5.73 Å². The van der Waals surface area contributed by atoms with Gasteiger partial charge in [-0.05, 0) is 48.7 Å². The van der Waals surface area contributed by atoms with Crippen LogP contribution in [0.25, 0.3) is 11.1 Å².